The Hall–Kier alpha value is -0.980. The third-order valence-corrected chi connectivity index (χ3v) is 5.47. The van der Waals surface area contributed by atoms with Crippen LogP contribution in [0.5, 0.6) is 0 Å². The van der Waals surface area contributed by atoms with Crippen LogP contribution in [0.3, 0.4) is 0 Å². The minimum atomic E-state index is -3.33. The zero-order valence-corrected chi connectivity index (χ0v) is 13.1. The summed E-state index contributed by atoms with van der Waals surface area (Å²) in [6, 6.07) is 7.06. The summed E-state index contributed by atoms with van der Waals surface area (Å²) in [5.74, 6) is 0.438. The molecule has 0 radical (unpaired) electrons. The molecule has 1 unspecified atom stereocenters. The van der Waals surface area contributed by atoms with Gasteiger partial charge in [0.2, 0.25) is 10.0 Å². The van der Waals surface area contributed by atoms with Gasteiger partial charge in [-0.15, -0.1) is 0 Å². The smallest absolute Gasteiger partial charge is 0.216 e. The van der Waals surface area contributed by atoms with Gasteiger partial charge in [-0.3, -0.25) is 0 Å². The van der Waals surface area contributed by atoms with Gasteiger partial charge in [0.05, 0.1) is 5.75 Å². The van der Waals surface area contributed by atoms with Crippen LogP contribution in [0.4, 0.5) is 0 Å². The molecule has 6 heteroatoms. The van der Waals surface area contributed by atoms with Gasteiger partial charge in [-0.05, 0) is 37.3 Å². The average molecular weight is 312 g/mol. The number of nitrogens with one attached hydrogen (secondary N) is 1. The van der Waals surface area contributed by atoms with Crippen molar-refractivity contribution >= 4 is 27.2 Å². The molecule has 0 saturated heterocycles. The molecule has 0 aromatic heterocycles. The van der Waals surface area contributed by atoms with Crippen LogP contribution in [0.25, 0.3) is 0 Å². The van der Waals surface area contributed by atoms with Gasteiger partial charge in [-0.2, -0.15) is 0 Å². The number of benzene rings is 1. The van der Waals surface area contributed by atoms with Crippen LogP contribution < -0.4 is 10.5 Å². The first-order valence-electron chi connectivity index (χ1n) is 6.76. The van der Waals surface area contributed by atoms with E-state index in [1.54, 1.807) is 24.3 Å². The van der Waals surface area contributed by atoms with Crippen LogP contribution in [0, 0.1) is 5.92 Å². The van der Waals surface area contributed by atoms with Crippen molar-refractivity contribution in [2.75, 3.05) is 0 Å². The monoisotopic (exact) mass is 312 g/mol. The number of hydrogen-bond acceptors (Lipinski definition) is 3. The average Bonchev–Trinajstić information content (AvgIpc) is 2.24. The standard InChI is InChI=1S/C14H20N2O2S2/c1-10(12-5-3-6-12)16-20(17,18)9-11-4-2-7-13(8-11)14(15)19/h2,4,7-8,10,12,16H,3,5-6,9H2,1H3,(H2,15,19). The second-order valence-electron chi connectivity index (χ2n) is 5.42. The first-order chi connectivity index (χ1) is 9.37. The van der Waals surface area contributed by atoms with Gasteiger partial charge < -0.3 is 5.73 Å². The van der Waals surface area contributed by atoms with Crippen LogP contribution in [-0.4, -0.2) is 19.4 Å². The topological polar surface area (TPSA) is 72.2 Å². The third kappa shape index (κ3) is 4.01. The van der Waals surface area contributed by atoms with Crippen LogP contribution in [0.15, 0.2) is 24.3 Å². The fourth-order valence-corrected chi connectivity index (χ4v) is 3.98. The lowest BCUT2D eigenvalue weighted by molar-refractivity contribution is 0.260. The highest BCUT2D eigenvalue weighted by atomic mass is 32.2. The second kappa shape index (κ2) is 6.20. The SMILES string of the molecule is CC(NS(=O)(=O)Cc1cccc(C(N)=S)c1)C1CCC1. The van der Waals surface area contributed by atoms with Crippen molar-refractivity contribution in [3.05, 3.63) is 35.4 Å². The number of hydrogen-bond donors (Lipinski definition) is 2. The Kier molecular flexibility index (Phi) is 4.78. The Morgan fingerprint density at radius 3 is 2.75 bits per heavy atom. The minimum Gasteiger partial charge on any atom is -0.389 e. The molecule has 2 rings (SSSR count). The van der Waals surface area contributed by atoms with Gasteiger partial charge in [-0.1, -0.05) is 36.8 Å². The summed E-state index contributed by atoms with van der Waals surface area (Å²) in [6.45, 7) is 1.94. The molecule has 1 aromatic rings. The molecule has 0 aliphatic heterocycles. The van der Waals surface area contributed by atoms with E-state index in [-0.39, 0.29) is 16.8 Å². The fraction of sp³-hybridized carbons (Fsp3) is 0.500. The van der Waals surface area contributed by atoms with Gasteiger partial charge in [0.15, 0.2) is 0 Å². The van der Waals surface area contributed by atoms with Crippen molar-refractivity contribution in [1.29, 1.82) is 0 Å². The second-order valence-corrected chi connectivity index (χ2v) is 7.61. The molecule has 1 atom stereocenters. The maximum Gasteiger partial charge on any atom is 0.216 e. The Labute approximate surface area is 125 Å². The first-order valence-corrected chi connectivity index (χ1v) is 8.82. The van der Waals surface area contributed by atoms with Gasteiger partial charge in [0.1, 0.15) is 4.99 Å². The third-order valence-electron chi connectivity index (χ3n) is 3.79. The van der Waals surface area contributed by atoms with Gasteiger partial charge in [-0.25, -0.2) is 13.1 Å². The minimum absolute atomic E-state index is 0.00696. The zero-order chi connectivity index (χ0) is 14.8. The van der Waals surface area contributed by atoms with Crippen molar-refractivity contribution in [3.8, 4) is 0 Å². The normalized spacial score (nSPS) is 17.4. The van der Waals surface area contributed by atoms with Crippen LogP contribution in [-0.2, 0) is 15.8 Å². The highest BCUT2D eigenvalue weighted by Crippen LogP contribution is 2.29. The van der Waals surface area contributed by atoms with E-state index in [1.165, 1.54) is 6.42 Å². The highest BCUT2D eigenvalue weighted by Gasteiger charge is 2.27. The number of nitrogens with two attached hydrogens (primary N) is 1. The number of rotatable bonds is 6. The van der Waals surface area contributed by atoms with E-state index in [2.05, 4.69) is 4.72 Å². The molecule has 3 N–H and O–H groups in total. The summed E-state index contributed by atoms with van der Waals surface area (Å²) < 4.78 is 27.1. The maximum absolute atomic E-state index is 12.2. The maximum atomic E-state index is 12.2. The number of sulfonamides is 1. The van der Waals surface area contributed by atoms with E-state index >= 15 is 0 Å². The quantitative estimate of drug-likeness (QED) is 0.787. The van der Waals surface area contributed by atoms with E-state index in [9.17, 15) is 8.42 Å². The molecule has 0 spiro atoms. The predicted octanol–water partition coefficient (Wildman–Crippen LogP) is 1.93. The molecule has 0 heterocycles. The summed E-state index contributed by atoms with van der Waals surface area (Å²) in [5.41, 5.74) is 6.95. The summed E-state index contributed by atoms with van der Waals surface area (Å²) >= 11 is 4.90. The van der Waals surface area contributed by atoms with E-state index in [1.807, 2.05) is 6.92 Å². The summed E-state index contributed by atoms with van der Waals surface area (Å²) in [4.78, 5) is 0.278. The van der Waals surface area contributed by atoms with Crippen molar-refractivity contribution in [3.63, 3.8) is 0 Å². The molecule has 0 bridgehead atoms. The molecule has 20 heavy (non-hydrogen) atoms. The predicted molar refractivity (Wildman–Crippen MR) is 84.9 cm³/mol. The lowest BCUT2D eigenvalue weighted by Gasteiger charge is -2.31. The van der Waals surface area contributed by atoms with Crippen LogP contribution in [0.2, 0.25) is 0 Å². The molecule has 0 amide bonds. The summed E-state index contributed by atoms with van der Waals surface area (Å²) in [5, 5.41) is 0. The molecule has 110 valence electrons. The Morgan fingerprint density at radius 1 is 1.50 bits per heavy atom. The van der Waals surface area contributed by atoms with Gasteiger partial charge in [0, 0.05) is 11.6 Å². The molecule has 1 aromatic carbocycles. The zero-order valence-electron chi connectivity index (χ0n) is 11.5. The van der Waals surface area contributed by atoms with Crippen molar-refractivity contribution in [1.82, 2.24) is 4.72 Å². The lowest BCUT2D eigenvalue weighted by Crippen LogP contribution is -2.41. The lowest BCUT2D eigenvalue weighted by atomic mass is 9.81. The Balaban J connectivity index is 2.03. The molecule has 1 aliphatic carbocycles. The van der Waals surface area contributed by atoms with E-state index in [0.717, 1.165) is 12.8 Å². The largest absolute Gasteiger partial charge is 0.389 e. The number of thiocarbonyl (C=S) groups is 1. The Bertz CT molecular complexity index is 595. The van der Waals surface area contributed by atoms with Crippen molar-refractivity contribution in [2.45, 2.75) is 38.0 Å². The van der Waals surface area contributed by atoms with Gasteiger partial charge >= 0.3 is 0 Å². The van der Waals surface area contributed by atoms with Crippen molar-refractivity contribution in [2.24, 2.45) is 11.7 Å². The molecular formula is C14H20N2O2S2. The summed E-state index contributed by atoms with van der Waals surface area (Å²) in [6.07, 6.45) is 3.42. The van der Waals surface area contributed by atoms with E-state index < -0.39 is 10.0 Å². The highest BCUT2D eigenvalue weighted by molar-refractivity contribution is 7.88. The van der Waals surface area contributed by atoms with Crippen LogP contribution >= 0.6 is 12.2 Å². The van der Waals surface area contributed by atoms with E-state index in [0.29, 0.717) is 17.0 Å². The fourth-order valence-electron chi connectivity index (χ4n) is 2.39. The summed E-state index contributed by atoms with van der Waals surface area (Å²) in [7, 11) is -3.33. The molecule has 1 aliphatic rings. The molecule has 1 fully saturated rings. The molecule has 4 nitrogen and oxygen atoms in total. The van der Waals surface area contributed by atoms with E-state index in [4.69, 9.17) is 18.0 Å². The first kappa shape index (κ1) is 15.4. The van der Waals surface area contributed by atoms with Crippen molar-refractivity contribution < 1.29 is 8.42 Å². The molecule has 1 saturated carbocycles. The Morgan fingerprint density at radius 2 is 2.20 bits per heavy atom. The molecular weight excluding hydrogens is 292 g/mol. The van der Waals surface area contributed by atoms with Gasteiger partial charge in [0.25, 0.3) is 0 Å². The van der Waals surface area contributed by atoms with Crippen LogP contribution in [0.1, 0.15) is 37.3 Å².